The standard InChI is InChI=1S/C28H17ClO4/c29-24-9-5-4-8-22(24)28(31)32-21-14-15-23-25(17-21)33-26(27(23)30)16-18-10-12-20(13-11-18)19-6-2-1-3-7-19/h1-17H/b26-16-. The van der Waals surface area contributed by atoms with Crippen LogP contribution in [0.5, 0.6) is 11.5 Å². The van der Waals surface area contributed by atoms with Crippen LogP contribution >= 0.6 is 11.6 Å². The average molecular weight is 453 g/mol. The minimum atomic E-state index is -0.584. The van der Waals surface area contributed by atoms with Crippen molar-refractivity contribution < 1.29 is 19.1 Å². The summed E-state index contributed by atoms with van der Waals surface area (Å²) in [5.74, 6) is 0.0175. The predicted octanol–water partition coefficient (Wildman–Crippen LogP) is 6.84. The van der Waals surface area contributed by atoms with Crippen LogP contribution in [0, 0.1) is 0 Å². The maximum Gasteiger partial charge on any atom is 0.345 e. The Kier molecular flexibility index (Phi) is 5.51. The Morgan fingerprint density at radius 2 is 1.52 bits per heavy atom. The Bertz CT molecular complexity index is 1390. The third kappa shape index (κ3) is 4.29. The largest absolute Gasteiger partial charge is 0.452 e. The average Bonchev–Trinajstić information content (AvgIpc) is 3.14. The van der Waals surface area contributed by atoms with Gasteiger partial charge in [-0.05, 0) is 47.0 Å². The van der Waals surface area contributed by atoms with Crippen molar-refractivity contribution in [3.63, 3.8) is 0 Å². The summed E-state index contributed by atoms with van der Waals surface area (Å²) < 4.78 is 11.2. The molecule has 0 bridgehead atoms. The van der Waals surface area contributed by atoms with E-state index < -0.39 is 5.97 Å². The summed E-state index contributed by atoms with van der Waals surface area (Å²) in [5.41, 5.74) is 3.73. The van der Waals surface area contributed by atoms with Crippen LogP contribution in [0.1, 0.15) is 26.3 Å². The number of halogens is 1. The zero-order valence-electron chi connectivity index (χ0n) is 17.3. The maximum absolute atomic E-state index is 12.8. The Balaban J connectivity index is 1.34. The highest BCUT2D eigenvalue weighted by Crippen LogP contribution is 2.35. The van der Waals surface area contributed by atoms with E-state index in [4.69, 9.17) is 21.1 Å². The number of rotatable bonds is 4. The summed E-state index contributed by atoms with van der Waals surface area (Å²) in [6.07, 6.45) is 1.70. The molecule has 0 saturated carbocycles. The fraction of sp³-hybridized carbons (Fsp3) is 0. The van der Waals surface area contributed by atoms with Crippen LogP contribution in [0.2, 0.25) is 5.02 Å². The summed E-state index contributed by atoms with van der Waals surface area (Å²) in [5, 5.41) is 0.304. The molecule has 160 valence electrons. The van der Waals surface area contributed by atoms with Crippen LogP contribution in [-0.2, 0) is 0 Å². The highest BCUT2D eigenvalue weighted by molar-refractivity contribution is 6.33. The highest BCUT2D eigenvalue weighted by Gasteiger charge is 2.28. The first-order chi connectivity index (χ1) is 16.1. The Morgan fingerprint density at radius 3 is 2.27 bits per heavy atom. The Labute approximate surface area is 195 Å². The van der Waals surface area contributed by atoms with Crippen molar-refractivity contribution in [1.82, 2.24) is 0 Å². The zero-order valence-corrected chi connectivity index (χ0v) is 18.1. The molecule has 0 amide bonds. The lowest BCUT2D eigenvalue weighted by Gasteiger charge is -2.06. The SMILES string of the molecule is O=C(Oc1ccc2c(c1)O/C(=C\c1ccc(-c3ccccc3)cc1)C2=O)c1ccccc1Cl. The molecule has 0 spiro atoms. The number of ether oxygens (including phenoxy) is 2. The molecule has 0 unspecified atom stereocenters. The summed E-state index contributed by atoms with van der Waals surface area (Å²) in [4.78, 5) is 25.2. The zero-order chi connectivity index (χ0) is 22.8. The normalized spacial score (nSPS) is 13.5. The monoisotopic (exact) mass is 452 g/mol. The van der Waals surface area contributed by atoms with E-state index >= 15 is 0 Å². The number of allylic oxidation sites excluding steroid dienone is 1. The molecular weight excluding hydrogens is 436 g/mol. The number of fused-ring (bicyclic) bond motifs is 1. The van der Waals surface area contributed by atoms with Crippen molar-refractivity contribution in [1.29, 1.82) is 0 Å². The lowest BCUT2D eigenvalue weighted by molar-refractivity contribution is 0.0734. The molecule has 5 rings (SSSR count). The Hall–Kier alpha value is -4.15. The molecule has 33 heavy (non-hydrogen) atoms. The van der Waals surface area contributed by atoms with Crippen molar-refractivity contribution in [2.45, 2.75) is 0 Å². The molecule has 1 heterocycles. The van der Waals surface area contributed by atoms with Crippen LogP contribution in [-0.4, -0.2) is 11.8 Å². The van der Waals surface area contributed by atoms with Gasteiger partial charge in [0.15, 0.2) is 5.76 Å². The van der Waals surface area contributed by atoms with Crippen LogP contribution in [0.15, 0.2) is 103 Å². The van der Waals surface area contributed by atoms with Gasteiger partial charge in [-0.3, -0.25) is 4.79 Å². The van der Waals surface area contributed by atoms with Gasteiger partial charge in [-0.2, -0.15) is 0 Å². The first-order valence-electron chi connectivity index (χ1n) is 10.3. The third-order valence-electron chi connectivity index (χ3n) is 5.26. The van der Waals surface area contributed by atoms with E-state index in [0.29, 0.717) is 16.3 Å². The molecular formula is C28H17ClO4. The van der Waals surface area contributed by atoms with Gasteiger partial charge in [-0.15, -0.1) is 0 Å². The molecule has 0 radical (unpaired) electrons. The summed E-state index contributed by atoms with van der Waals surface area (Å²) in [7, 11) is 0. The molecule has 4 aromatic carbocycles. The molecule has 0 fully saturated rings. The van der Waals surface area contributed by atoms with E-state index in [0.717, 1.165) is 16.7 Å². The number of ketones is 1. The second-order valence-electron chi connectivity index (χ2n) is 7.46. The van der Waals surface area contributed by atoms with Crippen LogP contribution in [0.25, 0.3) is 17.2 Å². The number of carbonyl (C=O) groups is 2. The van der Waals surface area contributed by atoms with E-state index in [1.165, 1.54) is 6.07 Å². The van der Waals surface area contributed by atoms with Crippen molar-refractivity contribution in [3.05, 3.63) is 125 Å². The minimum Gasteiger partial charge on any atom is -0.452 e. The molecule has 0 aliphatic carbocycles. The maximum atomic E-state index is 12.8. The van der Waals surface area contributed by atoms with Gasteiger partial charge in [-0.1, -0.05) is 78.3 Å². The molecule has 1 aliphatic heterocycles. The lowest BCUT2D eigenvalue weighted by atomic mass is 10.0. The summed E-state index contributed by atoms with van der Waals surface area (Å²) in [6, 6.07) is 29.3. The van der Waals surface area contributed by atoms with Gasteiger partial charge in [0.2, 0.25) is 5.78 Å². The van der Waals surface area contributed by atoms with Gasteiger partial charge in [0.05, 0.1) is 16.1 Å². The first-order valence-corrected chi connectivity index (χ1v) is 10.7. The molecule has 0 atom stereocenters. The fourth-order valence-corrected chi connectivity index (χ4v) is 3.79. The lowest BCUT2D eigenvalue weighted by Crippen LogP contribution is -2.09. The summed E-state index contributed by atoms with van der Waals surface area (Å²) >= 11 is 6.06. The Morgan fingerprint density at radius 1 is 0.818 bits per heavy atom. The number of hydrogen-bond acceptors (Lipinski definition) is 4. The molecule has 4 aromatic rings. The van der Waals surface area contributed by atoms with E-state index in [2.05, 4.69) is 0 Å². The quantitative estimate of drug-likeness (QED) is 0.193. The predicted molar refractivity (Wildman–Crippen MR) is 128 cm³/mol. The number of benzene rings is 4. The van der Waals surface area contributed by atoms with Crippen LogP contribution in [0.4, 0.5) is 0 Å². The molecule has 5 heteroatoms. The fourth-order valence-electron chi connectivity index (χ4n) is 3.57. The smallest absolute Gasteiger partial charge is 0.345 e. The van der Waals surface area contributed by atoms with E-state index in [-0.39, 0.29) is 22.9 Å². The molecule has 4 nitrogen and oxygen atoms in total. The van der Waals surface area contributed by atoms with E-state index in [1.54, 1.807) is 42.5 Å². The third-order valence-corrected chi connectivity index (χ3v) is 5.59. The first kappa shape index (κ1) is 20.7. The van der Waals surface area contributed by atoms with Gasteiger partial charge >= 0.3 is 5.97 Å². The minimum absolute atomic E-state index is 0.215. The van der Waals surface area contributed by atoms with Crippen molar-refractivity contribution in [3.8, 4) is 22.6 Å². The second-order valence-corrected chi connectivity index (χ2v) is 7.86. The van der Waals surface area contributed by atoms with Gasteiger partial charge in [0, 0.05) is 6.07 Å². The van der Waals surface area contributed by atoms with E-state index in [9.17, 15) is 9.59 Å². The number of hydrogen-bond donors (Lipinski definition) is 0. The molecule has 0 aromatic heterocycles. The number of esters is 1. The van der Waals surface area contributed by atoms with Gasteiger partial charge in [0.1, 0.15) is 11.5 Å². The number of carbonyl (C=O) groups excluding carboxylic acids is 2. The van der Waals surface area contributed by atoms with Crippen LogP contribution < -0.4 is 9.47 Å². The highest BCUT2D eigenvalue weighted by atomic mass is 35.5. The van der Waals surface area contributed by atoms with Crippen molar-refractivity contribution >= 4 is 29.4 Å². The second kappa shape index (κ2) is 8.77. The molecule has 0 saturated heterocycles. The van der Waals surface area contributed by atoms with E-state index in [1.807, 2.05) is 54.6 Å². The molecule has 0 N–H and O–H groups in total. The van der Waals surface area contributed by atoms with Gasteiger partial charge in [0.25, 0.3) is 0 Å². The van der Waals surface area contributed by atoms with Gasteiger partial charge in [-0.25, -0.2) is 4.79 Å². The summed E-state index contributed by atoms with van der Waals surface area (Å²) in [6.45, 7) is 0. The van der Waals surface area contributed by atoms with Crippen molar-refractivity contribution in [2.24, 2.45) is 0 Å². The van der Waals surface area contributed by atoms with Gasteiger partial charge < -0.3 is 9.47 Å². The molecule has 1 aliphatic rings. The topological polar surface area (TPSA) is 52.6 Å². The van der Waals surface area contributed by atoms with Crippen LogP contribution in [0.3, 0.4) is 0 Å². The van der Waals surface area contributed by atoms with Crippen molar-refractivity contribution in [2.75, 3.05) is 0 Å². The number of Topliss-reactive ketones (excluding diaryl/α,β-unsaturated/α-hetero) is 1.